The Bertz CT molecular complexity index is 582. The summed E-state index contributed by atoms with van der Waals surface area (Å²) in [6, 6.07) is 10.3. The third-order valence-corrected chi connectivity index (χ3v) is 4.34. The van der Waals surface area contributed by atoms with Crippen LogP contribution in [0.5, 0.6) is 0 Å². The summed E-state index contributed by atoms with van der Waals surface area (Å²) in [7, 11) is 0. The van der Waals surface area contributed by atoms with Crippen molar-refractivity contribution in [2.24, 2.45) is 0 Å². The van der Waals surface area contributed by atoms with E-state index >= 15 is 0 Å². The van der Waals surface area contributed by atoms with Crippen LogP contribution in [0.3, 0.4) is 0 Å². The number of hydrogen-bond acceptors (Lipinski definition) is 4. The molecule has 1 aromatic carbocycles. The van der Waals surface area contributed by atoms with Crippen molar-refractivity contribution in [1.82, 2.24) is 9.55 Å². The minimum Gasteiger partial charge on any atom is -0.394 e. The quantitative estimate of drug-likeness (QED) is 0.754. The lowest BCUT2D eigenvalue weighted by molar-refractivity contribution is 0.0759. The molecule has 0 fully saturated rings. The van der Waals surface area contributed by atoms with Gasteiger partial charge in [0, 0.05) is 11.4 Å². The SMILES string of the molecule is CCn1c(COCCO)nc(Sc2ccccc2)c1C(C)C. The van der Waals surface area contributed by atoms with Gasteiger partial charge in [-0.3, -0.25) is 0 Å². The van der Waals surface area contributed by atoms with Crippen LogP contribution in [0.1, 0.15) is 38.2 Å². The van der Waals surface area contributed by atoms with Crippen molar-refractivity contribution in [3.63, 3.8) is 0 Å². The Labute approximate surface area is 136 Å². The monoisotopic (exact) mass is 320 g/mol. The van der Waals surface area contributed by atoms with Crippen molar-refractivity contribution in [2.75, 3.05) is 13.2 Å². The van der Waals surface area contributed by atoms with Crippen LogP contribution in [0.15, 0.2) is 40.3 Å². The predicted octanol–water partition coefficient (Wildman–Crippen LogP) is 3.69. The molecule has 0 saturated carbocycles. The maximum Gasteiger partial charge on any atom is 0.136 e. The second-order valence-electron chi connectivity index (χ2n) is 5.31. The number of nitrogens with zero attached hydrogens (tertiary/aromatic N) is 2. The number of ether oxygens (including phenoxy) is 1. The fraction of sp³-hybridized carbons (Fsp3) is 0.471. The summed E-state index contributed by atoms with van der Waals surface area (Å²) in [5, 5.41) is 9.90. The topological polar surface area (TPSA) is 47.3 Å². The maximum atomic E-state index is 8.86. The second-order valence-corrected chi connectivity index (χ2v) is 6.37. The van der Waals surface area contributed by atoms with Gasteiger partial charge >= 0.3 is 0 Å². The van der Waals surface area contributed by atoms with E-state index in [0.29, 0.717) is 19.1 Å². The largest absolute Gasteiger partial charge is 0.394 e. The molecule has 1 N–H and O–H groups in total. The fourth-order valence-electron chi connectivity index (χ4n) is 2.41. The third-order valence-electron chi connectivity index (χ3n) is 3.34. The summed E-state index contributed by atoms with van der Waals surface area (Å²) in [4.78, 5) is 5.98. The average molecular weight is 320 g/mol. The van der Waals surface area contributed by atoms with Crippen LogP contribution >= 0.6 is 11.8 Å². The van der Waals surface area contributed by atoms with E-state index in [1.165, 1.54) is 10.6 Å². The number of aliphatic hydroxyl groups is 1. The molecule has 1 aromatic heterocycles. The summed E-state index contributed by atoms with van der Waals surface area (Å²) in [5.41, 5.74) is 1.25. The molecule has 1 heterocycles. The summed E-state index contributed by atoms with van der Waals surface area (Å²) in [6.07, 6.45) is 0. The lowest BCUT2D eigenvalue weighted by atomic mass is 10.1. The van der Waals surface area contributed by atoms with Crippen LogP contribution in [-0.4, -0.2) is 27.9 Å². The number of imidazole rings is 1. The third kappa shape index (κ3) is 4.12. The molecule has 22 heavy (non-hydrogen) atoms. The predicted molar refractivity (Wildman–Crippen MR) is 89.3 cm³/mol. The number of aromatic nitrogens is 2. The van der Waals surface area contributed by atoms with E-state index in [0.717, 1.165) is 17.4 Å². The van der Waals surface area contributed by atoms with Gasteiger partial charge in [0.1, 0.15) is 17.5 Å². The Morgan fingerprint density at radius 2 is 2.00 bits per heavy atom. The highest BCUT2D eigenvalue weighted by Crippen LogP contribution is 2.34. The maximum absolute atomic E-state index is 8.86. The van der Waals surface area contributed by atoms with E-state index in [2.05, 4.69) is 37.5 Å². The molecule has 4 nitrogen and oxygen atoms in total. The van der Waals surface area contributed by atoms with Crippen LogP contribution in [0, 0.1) is 0 Å². The summed E-state index contributed by atoms with van der Waals surface area (Å²) >= 11 is 1.70. The Morgan fingerprint density at radius 1 is 1.27 bits per heavy atom. The molecule has 120 valence electrons. The summed E-state index contributed by atoms with van der Waals surface area (Å²) < 4.78 is 7.70. The molecule has 2 rings (SSSR count). The van der Waals surface area contributed by atoms with E-state index in [4.69, 9.17) is 14.8 Å². The van der Waals surface area contributed by atoms with Crippen molar-refractivity contribution in [3.8, 4) is 0 Å². The Kier molecular flexibility index (Phi) is 6.49. The van der Waals surface area contributed by atoms with Crippen molar-refractivity contribution in [1.29, 1.82) is 0 Å². The van der Waals surface area contributed by atoms with E-state index < -0.39 is 0 Å². The van der Waals surface area contributed by atoms with Crippen molar-refractivity contribution < 1.29 is 9.84 Å². The van der Waals surface area contributed by atoms with E-state index in [9.17, 15) is 0 Å². The Hall–Kier alpha value is -1.30. The zero-order chi connectivity index (χ0) is 15.9. The average Bonchev–Trinajstić information content (AvgIpc) is 2.86. The summed E-state index contributed by atoms with van der Waals surface area (Å²) in [5.74, 6) is 1.32. The van der Waals surface area contributed by atoms with E-state index in [1.54, 1.807) is 11.8 Å². The van der Waals surface area contributed by atoms with Crippen molar-refractivity contribution in [3.05, 3.63) is 41.9 Å². The molecule has 0 aliphatic rings. The molecule has 0 aliphatic carbocycles. The van der Waals surface area contributed by atoms with Gasteiger partial charge in [-0.2, -0.15) is 0 Å². The van der Waals surface area contributed by atoms with Gasteiger partial charge in [-0.15, -0.1) is 0 Å². The van der Waals surface area contributed by atoms with Crippen LogP contribution in [-0.2, 0) is 17.9 Å². The molecule has 0 spiro atoms. The van der Waals surface area contributed by atoms with Gasteiger partial charge < -0.3 is 14.4 Å². The lowest BCUT2D eigenvalue weighted by Gasteiger charge is -2.13. The van der Waals surface area contributed by atoms with Gasteiger partial charge in [0.15, 0.2) is 0 Å². The zero-order valence-electron chi connectivity index (χ0n) is 13.5. The minimum absolute atomic E-state index is 0.0372. The van der Waals surface area contributed by atoms with Crippen molar-refractivity contribution in [2.45, 2.75) is 49.8 Å². The van der Waals surface area contributed by atoms with Crippen LogP contribution in [0.2, 0.25) is 0 Å². The zero-order valence-corrected chi connectivity index (χ0v) is 14.3. The first-order chi connectivity index (χ1) is 10.7. The smallest absolute Gasteiger partial charge is 0.136 e. The van der Waals surface area contributed by atoms with Gasteiger partial charge in [-0.25, -0.2) is 4.98 Å². The highest BCUT2D eigenvalue weighted by molar-refractivity contribution is 7.99. The standard InChI is InChI=1S/C17H24N2O2S/c1-4-19-15(12-21-11-10-20)18-17(16(19)13(2)3)22-14-8-6-5-7-9-14/h5-9,13,20H,4,10-12H2,1-3H3. The number of benzene rings is 1. The number of aliphatic hydroxyl groups excluding tert-OH is 1. The molecule has 0 radical (unpaired) electrons. The highest BCUT2D eigenvalue weighted by Gasteiger charge is 2.19. The molecular formula is C17H24N2O2S. The van der Waals surface area contributed by atoms with Crippen molar-refractivity contribution >= 4 is 11.8 Å². The lowest BCUT2D eigenvalue weighted by Crippen LogP contribution is -2.09. The number of hydrogen-bond donors (Lipinski definition) is 1. The Morgan fingerprint density at radius 3 is 2.59 bits per heavy atom. The molecule has 0 unspecified atom stereocenters. The van der Waals surface area contributed by atoms with Gasteiger partial charge in [0.05, 0.1) is 18.9 Å². The Balaban J connectivity index is 2.30. The first-order valence-electron chi connectivity index (χ1n) is 7.68. The molecule has 0 atom stereocenters. The fourth-order valence-corrected chi connectivity index (χ4v) is 3.53. The van der Waals surface area contributed by atoms with E-state index in [-0.39, 0.29) is 6.61 Å². The molecule has 2 aromatic rings. The van der Waals surface area contributed by atoms with Gasteiger partial charge in [0.2, 0.25) is 0 Å². The van der Waals surface area contributed by atoms with Gasteiger partial charge in [0.25, 0.3) is 0 Å². The molecule has 0 bridgehead atoms. The molecule has 0 aliphatic heterocycles. The van der Waals surface area contributed by atoms with Crippen LogP contribution in [0.25, 0.3) is 0 Å². The highest BCUT2D eigenvalue weighted by atomic mass is 32.2. The van der Waals surface area contributed by atoms with Crippen LogP contribution in [0.4, 0.5) is 0 Å². The number of rotatable bonds is 8. The summed E-state index contributed by atoms with van der Waals surface area (Å²) in [6.45, 7) is 8.19. The van der Waals surface area contributed by atoms with Gasteiger partial charge in [-0.1, -0.05) is 43.8 Å². The first kappa shape index (κ1) is 17.1. The van der Waals surface area contributed by atoms with Crippen LogP contribution < -0.4 is 0 Å². The first-order valence-corrected chi connectivity index (χ1v) is 8.49. The van der Waals surface area contributed by atoms with Gasteiger partial charge in [-0.05, 0) is 25.0 Å². The molecule has 0 saturated heterocycles. The minimum atomic E-state index is 0.0372. The molecule has 0 amide bonds. The molecular weight excluding hydrogens is 296 g/mol. The normalized spacial score (nSPS) is 11.3. The second kappa shape index (κ2) is 8.36. The van der Waals surface area contributed by atoms with E-state index in [1.807, 2.05) is 18.2 Å². The molecule has 5 heteroatoms.